The molecular formula is C24H27N3O5. The SMILES string of the molecule is COCCCN1C(=O)c2[nH]nc(-c3cccc(OC)c3)c2C1c1ccc(OC)cc1OC. The first-order valence-electron chi connectivity index (χ1n) is 10.4. The van der Waals surface area contributed by atoms with Gasteiger partial charge in [0.25, 0.3) is 5.91 Å². The number of aromatic amines is 1. The topological polar surface area (TPSA) is 85.9 Å². The standard InChI is InChI=1S/C24H27N3O5/c1-29-12-6-11-27-23(18-10-9-17(31-3)14-19(18)32-4)20-21(25-26-22(20)24(27)28)15-7-5-8-16(13-15)30-2/h5,7-10,13-14,23H,6,11-12H2,1-4H3,(H,25,26). The lowest BCUT2D eigenvalue weighted by atomic mass is 9.95. The first-order valence-corrected chi connectivity index (χ1v) is 10.4. The smallest absolute Gasteiger partial charge is 0.273 e. The minimum Gasteiger partial charge on any atom is -0.497 e. The molecule has 1 amide bonds. The van der Waals surface area contributed by atoms with Gasteiger partial charge < -0.3 is 23.8 Å². The number of ether oxygens (including phenoxy) is 4. The van der Waals surface area contributed by atoms with Gasteiger partial charge >= 0.3 is 0 Å². The van der Waals surface area contributed by atoms with Crippen LogP contribution in [0, 0.1) is 0 Å². The zero-order valence-corrected chi connectivity index (χ0v) is 18.7. The van der Waals surface area contributed by atoms with E-state index in [2.05, 4.69) is 10.2 Å². The summed E-state index contributed by atoms with van der Waals surface area (Å²) in [5.41, 5.74) is 3.76. The zero-order valence-electron chi connectivity index (χ0n) is 18.7. The molecule has 1 aliphatic rings. The molecule has 4 rings (SSSR count). The second-order valence-electron chi connectivity index (χ2n) is 7.45. The molecule has 2 aromatic carbocycles. The lowest BCUT2D eigenvalue weighted by Gasteiger charge is -2.27. The number of fused-ring (bicyclic) bond motifs is 1. The van der Waals surface area contributed by atoms with Crippen molar-refractivity contribution in [3.8, 4) is 28.5 Å². The Hall–Kier alpha value is -3.52. The molecular weight excluding hydrogens is 410 g/mol. The van der Waals surface area contributed by atoms with Crippen LogP contribution in [0.3, 0.4) is 0 Å². The molecule has 1 N–H and O–H groups in total. The number of nitrogens with zero attached hydrogens (tertiary/aromatic N) is 2. The van der Waals surface area contributed by atoms with Crippen LogP contribution in [0.15, 0.2) is 42.5 Å². The van der Waals surface area contributed by atoms with Crippen LogP contribution in [-0.2, 0) is 4.74 Å². The lowest BCUT2D eigenvalue weighted by Crippen LogP contribution is -2.31. The molecule has 3 aromatic rings. The highest BCUT2D eigenvalue weighted by Crippen LogP contribution is 2.46. The van der Waals surface area contributed by atoms with Crippen LogP contribution >= 0.6 is 0 Å². The minimum absolute atomic E-state index is 0.0966. The van der Waals surface area contributed by atoms with E-state index in [1.165, 1.54) is 0 Å². The maximum Gasteiger partial charge on any atom is 0.273 e. The average molecular weight is 437 g/mol. The summed E-state index contributed by atoms with van der Waals surface area (Å²) >= 11 is 0. The Kier molecular flexibility index (Phi) is 6.32. The Morgan fingerprint density at radius 2 is 1.78 bits per heavy atom. The third kappa shape index (κ3) is 3.78. The van der Waals surface area contributed by atoms with E-state index in [4.69, 9.17) is 18.9 Å². The molecule has 8 nitrogen and oxygen atoms in total. The number of hydrogen-bond acceptors (Lipinski definition) is 6. The summed E-state index contributed by atoms with van der Waals surface area (Å²) in [7, 11) is 6.51. The van der Waals surface area contributed by atoms with Crippen LogP contribution in [-0.4, -0.2) is 62.6 Å². The second-order valence-corrected chi connectivity index (χ2v) is 7.45. The quantitative estimate of drug-likeness (QED) is 0.514. The Morgan fingerprint density at radius 1 is 1.00 bits per heavy atom. The molecule has 0 saturated carbocycles. The summed E-state index contributed by atoms with van der Waals surface area (Å²) in [5.74, 6) is 1.95. The Morgan fingerprint density at radius 3 is 2.50 bits per heavy atom. The molecule has 0 spiro atoms. The summed E-state index contributed by atoms with van der Waals surface area (Å²) in [6.45, 7) is 1.10. The molecule has 2 heterocycles. The van der Waals surface area contributed by atoms with Crippen molar-refractivity contribution in [2.45, 2.75) is 12.5 Å². The number of nitrogens with one attached hydrogen (secondary N) is 1. The Labute approximate surface area is 187 Å². The van der Waals surface area contributed by atoms with E-state index in [1.54, 1.807) is 28.4 Å². The number of carbonyl (C=O) groups is 1. The predicted octanol–water partition coefficient (Wildman–Crippen LogP) is 3.68. The number of rotatable bonds is 9. The fourth-order valence-corrected chi connectivity index (χ4v) is 4.16. The van der Waals surface area contributed by atoms with Gasteiger partial charge in [-0.15, -0.1) is 0 Å². The highest BCUT2D eigenvalue weighted by molar-refractivity contribution is 6.00. The molecule has 32 heavy (non-hydrogen) atoms. The minimum atomic E-state index is -0.366. The largest absolute Gasteiger partial charge is 0.497 e. The molecule has 1 unspecified atom stereocenters. The van der Waals surface area contributed by atoms with Crippen LogP contribution in [0.5, 0.6) is 17.2 Å². The van der Waals surface area contributed by atoms with E-state index in [1.807, 2.05) is 47.4 Å². The van der Waals surface area contributed by atoms with Gasteiger partial charge in [-0.1, -0.05) is 12.1 Å². The molecule has 0 radical (unpaired) electrons. The zero-order chi connectivity index (χ0) is 22.7. The van der Waals surface area contributed by atoms with Gasteiger partial charge in [0.2, 0.25) is 0 Å². The fraction of sp³-hybridized carbons (Fsp3) is 0.333. The van der Waals surface area contributed by atoms with Crippen molar-refractivity contribution in [1.82, 2.24) is 15.1 Å². The van der Waals surface area contributed by atoms with Gasteiger partial charge in [0.1, 0.15) is 22.9 Å². The Balaban J connectivity index is 1.86. The van der Waals surface area contributed by atoms with Gasteiger partial charge in [0.05, 0.1) is 33.1 Å². The number of amides is 1. The van der Waals surface area contributed by atoms with E-state index in [0.717, 1.165) is 22.4 Å². The highest BCUT2D eigenvalue weighted by Gasteiger charge is 2.43. The van der Waals surface area contributed by atoms with Crippen molar-refractivity contribution in [3.05, 3.63) is 59.3 Å². The van der Waals surface area contributed by atoms with E-state index in [9.17, 15) is 4.79 Å². The van der Waals surface area contributed by atoms with Crippen LogP contribution in [0.25, 0.3) is 11.3 Å². The molecule has 8 heteroatoms. The summed E-state index contributed by atoms with van der Waals surface area (Å²) < 4.78 is 21.7. The monoisotopic (exact) mass is 437 g/mol. The van der Waals surface area contributed by atoms with E-state index in [0.29, 0.717) is 42.5 Å². The van der Waals surface area contributed by atoms with Crippen LogP contribution < -0.4 is 14.2 Å². The van der Waals surface area contributed by atoms with Gasteiger partial charge in [0.15, 0.2) is 0 Å². The first-order chi connectivity index (χ1) is 15.6. The molecule has 1 atom stereocenters. The number of methoxy groups -OCH3 is 4. The molecule has 0 aliphatic carbocycles. The summed E-state index contributed by atoms with van der Waals surface area (Å²) in [6, 6.07) is 12.9. The summed E-state index contributed by atoms with van der Waals surface area (Å²) in [5, 5.41) is 7.48. The average Bonchev–Trinajstić information content (AvgIpc) is 3.38. The van der Waals surface area contributed by atoms with Gasteiger partial charge in [-0.3, -0.25) is 9.89 Å². The van der Waals surface area contributed by atoms with E-state index < -0.39 is 0 Å². The number of hydrogen-bond donors (Lipinski definition) is 1. The fourth-order valence-electron chi connectivity index (χ4n) is 4.16. The van der Waals surface area contributed by atoms with Gasteiger partial charge in [-0.2, -0.15) is 5.10 Å². The van der Waals surface area contributed by atoms with Crippen molar-refractivity contribution in [3.63, 3.8) is 0 Å². The van der Waals surface area contributed by atoms with Crippen molar-refractivity contribution < 1.29 is 23.7 Å². The van der Waals surface area contributed by atoms with Crippen LogP contribution in [0.2, 0.25) is 0 Å². The van der Waals surface area contributed by atoms with Crippen molar-refractivity contribution in [2.24, 2.45) is 0 Å². The predicted molar refractivity (Wildman–Crippen MR) is 119 cm³/mol. The lowest BCUT2D eigenvalue weighted by molar-refractivity contribution is 0.0722. The maximum absolute atomic E-state index is 13.4. The third-order valence-corrected chi connectivity index (χ3v) is 5.69. The summed E-state index contributed by atoms with van der Waals surface area (Å²) in [4.78, 5) is 15.2. The van der Waals surface area contributed by atoms with Crippen molar-refractivity contribution in [2.75, 3.05) is 41.6 Å². The second kappa shape index (κ2) is 9.32. The number of benzene rings is 2. The third-order valence-electron chi connectivity index (χ3n) is 5.69. The van der Waals surface area contributed by atoms with Crippen molar-refractivity contribution in [1.29, 1.82) is 0 Å². The molecule has 1 aliphatic heterocycles. The van der Waals surface area contributed by atoms with Crippen molar-refractivity contribution >= 4 is 5.91 Å². The van der Waals surface area contributed by atoms with E-state index in [-0.39, 0.29) is 11.9 Å². The van der Waals surface area contributed by atoms with Crippen LogP contribution in [0.1, 0.15) is 34.1 Å². The van der Waals surface area contributed by atoms with Gasteiger partial charge in [0, 0.05) is 43.0 Å². The Bertz CT molecular complexity index is 1110. The summed E-state index contributed by atoms with van der Waals surface area (Å²) in [6.07, 6.45) is 0.712. The molecule has 0 saturated heterocycles. The van der Waals surface area contributed by atoms with Gasteiger partial charge in [-0.05, 0) is 30.7 Å². The normalized spacial score (nSPS) is 15.1. The highest BCUT2D eigenvalue weighted by atomic mass is 16.5. The maximum atomic E-state index is 13.4. The molecule has 0 bridgehead atoms. The number of carbonyl (C=O) groups excluding carboxylic acids is 1. The molecule has 168 valence electrons. The first kappa shape index (κ1) is 21.7. The molecule has 0 fully saturated rings. The number of aromatic nitrogens is 2. The number of H-pyrrole nitrogens is 1. The van der Waals surface area contributed by atoms with E-state index >= 15 is 0 Å². The van der Waals surface area contributed by atoms with Crippen LogP contribution in [0.4, 0.5) is 0 Å². The van der Waals surface area contributed by atoms with Gasteiger partial charge in [-0.25, -0.2) is 0 Å². The molecule has 1 aromatic heterocycles.